The molecule has 0 spiro atoms. The molecule has 4 aromatic rings. The van der Waals surface area contributed by atoms with Gasteiger partial charge in [-0.25, -0.2) is 9.37 Å². The standard InChI is InChI=1S/C25H25ClFN3O3S/c1-34(31,32)33-14-21(25-29-23-8-6-17(26)12-24(23)30-25)16-4-2-15(3-5-16)19-10-11-28-22-9-7-18(27)13-20(19)22/h6-13,15-16,21H,2-5,14H2,1H3,(H,29,30)/t15-,16+,21?. The first-order valence-corrected chi connectivity index (χ1v) is 13.5. The Balaban J connectivity index is 1.40. The fraction of sp³-hybridized carbons (Fsp3) is 0.360. The Hall–Kier alpha value is -2.55. The SMILES string of the molecule is CS(=O)(=O)OCC(c1nc2cc(Cl)ccc2[nH]1)[C@H]1CC[C@@H](c2ccnc3ccc(F)cc32)CC1. The van der Waals surface area contributed by atoms with Crippen LogP contribution in [-0.4, -0.2) is 36.2 Å². The minimum atomic E-state index is -3.59. The Kier molecular flexibility index (Phi) is 6.31. The van der Waals surface area contributed by atoms with Gasteiger partial charge >= 0.3 is 0 Å². The second-order valence-electron chi connectivity index (χ2n) is 9.05. The maximum atomic E-state index is 13.9. The molecular weight excluding hydrogens is 477 g/mol. The van der Waals surface area contributed by atoms with Crippen LogP contribution >= 0.6 is 11.6 Å². The molecule has 0 aliphatic heterocycles. The van der Waals surface area contributed by atoms with Gasteiger partial charge < -0.3 is 4.98 Å². The van der Waals surface area contributed by atoms with Crippen LogP contribution in [0, 0.1) is 11.7 Å². The van der Waals surface area contributed by atoms with Crippen molar-refractivity contribution < 1.29 is 17.0 Å². The molecular formula is C25H25ClFN3O3S. The molecule has 1 fully saturated rings. The predicted molar refractivity (Wildman–Crippen MR) is 131 cm³/mol. The number of aromatic nitrogens is 3. The zero-order valence-corrected chi connectivity index (χ0v) is 20.2. The molecule has 34 heavy (non-hydrogen) atoms. The molecule has 1 aliphatic carbocycles. The van der Waals surface area contributed by atoms with Gasteiger partial charge in [0.05, 0.1) is 29.4 Å². The average molecular weight is 502 g/mol. The molecule has 2 heterocycles. The van der Waals surface area contributed by atoms with E-state index < -0.39 is 10.1 Å². The van der Waals surface area contributed by atoms with Crippen LogP contribution in [0.2, 0.25) is 5.02 Å². The van der Waals surface area contributed by atoms with Gasteiger partial charge in [0.1, 0.15) is 11.6 Å². The Morgan fingerprint density at radius 2 is 1.91 bits per heavy atom. The summed E-state index contributed by atoms with van der Waals surface area (Å²) in [5.74, 6) is 0.723. The topological polar surface area (TPSA) is 84.9 Å². The minimum Gasteiger partial charge on any atom is -0.342 e. The number of hydrogen-bond donors (Lipinski definition) is 1. The summed E-state index contributed by atoms with van der Waals surface area (Å²) in [4.78, 5) is 12.4. The van der Waals surface area contributed by atoms with E-state index >= 15 is 0 Å². The maximum Gasteiger partial charge on any atom is 0.264 e. The summed E-state index contributed by atoms with van der Waals surface area (Å²) < 4.78 is 42.7. The Morgan fingerprint density at radius 3 is 2.68 bits per heavy atom. The van der Waals surface area contributed by atoms with Crippen LogP contribution in [0.5, 0.6) is 0 Å². The van der Waals surface area contributed by atoms with E-state index in [-0.39, 0.29) is 30.2 Å². The number of H-pyrrole nitrogens is 1. The summed E-state index contributed by atoms with van der Waals surface area (Å²) in [5.41, 5.74) is 3.50. The van der Waals surface area contributed by atoms with Gasteiger partial charge in [-0.05, 0) is 85.5 Å². The molecule has 1 unspecified atom stereocenters. The smallest absolute Gasteiger partial charge is 0.264 e. The van der Waals surface area contributed by atoms with Crippen LogP contribution in [0.25, 0.3) is 21.9 Å². The largest absolute Gasteiger partial charge is 0.342 e. The molecule has 1 aliphatic rings. The molecule has 2 aromatic carbocycles. The normalized spacial score (nSPS) is 20.1. The van der Waals surface area contributed by atoms with Crippen molar-refractivity contribution >= 4 is 43.7 Å². The molecule has 0 amide bonds. The van der Waals surface area contributed by atoms with E-state index in [0.717, 1.165) is 59.4 Å². The third-order valence-corrected chi connectivity index (χ3v) is 7.59. The molecule has 2 aromatic heterocycles. The average Bonchev–Trinajstić information content (AvgIpc) is 3.21. The van der Waals surface area contributed by atoms with Crippen LogP contribution in [0.1, 0.15) is 48.9 Å². The van der Waals surface area contributed by atoms with Crippen LogP contribution in [0.3, 0.4) is 0 Å². The Bertz CT molecular complexity index is 1450. The highest BCUT2D eigenvalue weighted by molar-refractivity contribution is 7.85. The fourth-order valence-electron chi connectivity index (χ4n) is 5.14. The monoisotopic (exact) mass is 501 g/mol. The third kappa shape index (κ3) is 4.94. The number of benzene rings is 2. The van der Waals surface area contributed by atoms with Crippen molar-refractivity contribution in [3.8, 4) is 0 Å². The highest BCUT2D eigenvalue weighted by atomic mass is 35.5. The summed E-state index contributed by atoms with van der Waals surface area (Å²) in [5, 5.41) is 1.45. The Morgan fingerprint density at radius 1 is 1.12 bits per heavy atom. The number of imidazole rings is 1. The lowest BCUT2D eigenvalue weighted by molar-refractivity contribution is 0.204. The summed E-state index contributed by atoms with van der Waals surface area (Å²) in [6.07, 6.45) is 6.40. The summed E-state index contributed by atoms with van der Waals surface area (Å²) >= 11 is 6.12. The molecule has 6 nitrogen and oxygen atoms in total. The highest BCUT2D eigenvalue weighted by Crippen LogP contribution is 2.43. The van der Waals surface area contributed by atoms with E-state index in [9.17, 15) is 12.8 Å². The molecule has 1 saturated carbocycles. The number of fused-ring (bicyclic) bond motifs is 2. The lowest BCUT2D eigenvalue weighted by Gasteiger charge is -2.33. The lowest BCUT2D eigenvalue weighted by Crippen LogP contribution is -2.25. The first-order valence-electron chi connectivity index (χ1n) is 11.3. The molecule has 5 rings (SSSR count). The number of hydrogen-bond acceptors (Lipinski definition) is 5. The van der Waals surface area contributed by atoms with Gasteiger partial charge in [-0.1, -0.05) is 11.6 Å². The summed E-state index contributed by atoms with van der Waals surface area (Å²) in [7, 11) is -3.59. The summed E-state index contributed by atoms with van der Waals surface area (Å²) in [6, 6.07) is 12.1. The van der Waals surface area contributed by atoms with E-state index in [4.69, 9.17) is 20.8 Å². The second-order valence-corrected chi connectivity index (χ2v) is 11.1. The molecule has 178 valence electrons. The van der Waals surface area contributed by atoms with Crippen molar-refractivity contribution in [1.29, 1.82) is 0 Å². The Labute approximate surface area is 202 Å². The van der Waals surface area contributed by atoms with Gasteiger partial charge in [0.15, 0.2) is 0 Å². The van der Waals surface area contributed by atoms with Gasteiger partial charge in [-0.15, -0.1) is 0 Å². The number of aromatic amines is 1. The maximum absolute atomic E-state index is 13.9. The van der Waals surface area contributed by atoms with E-state index in [0.29, 0.717) is 10.8 Å². The minimum absolute atomic E-state index is 0.0329. The zero-order valence-electron chi connectivity index (χ0n) is 18.7. The van der Waals surface area contributed by atoms with Crippen LogP contribution in [-0.2, 0) is 14.3 Å². The highest BCUT2D eigenvalue weighted by Gasteiger charge is 2.32. The third-order valence-electron chi connectivity index (χ3n) is 6.79. The van der Waals surface area contributed by atoms with Gasteiger partial charge in [0.2, 0.25) is 0 Å². The lowest BCUT2D eigenvalue weighted by atomic mass is 9.73. The van der Waals surface area contributed by atoms with Crippen LogP contribution in [0.15, 0.2) is 48.7 Å². The molecule has 9 heteroatoms. The van der Waals surface area contributed by atoms with Gasteiger partial charge in [0, 0.05) is 22.5 Å². The first-order chi connectivity index (χ1) is 16.3. The molecule has 1 N–H and O–H groups in total. The van der Waals surface area contributed by atoms with Crippen molar-refractivity contribution in [2.45, 2.75) is 37.5 Å². The zero-order chi connectivity index (χ0) is 23.9. The van der Waals surface area contributed by atoms with E-state index in [1.165, 1.54) is 6.07 Å². The summed E-state index contributed by atoms with van der Waals surface area (Å²) in [6.45, 7) is 0.0329. The number of pyridine rings is 1. The predicted octanol–water partition coefficient (Wildman–Crippen LogP) is 5.94. The van der Waals surface area contributed by atoms with E-state index in [1.54, 1.807) is 30.5 Å². The molecule has 0 radical (unpaired) electrons. The van der Waals surface area contributed by atoms with Crippen LogP contribution in [0.4, 0.5) is 4.39 Å². The van der Waals surface area contributed by atoms with Crippen molar-refractivity contribution in [2.75, 3.05) is 12.9 Å². The quantitative estimate of drug-likeness (QED) is 0.330. The number of nitrogens with zero attached hydrogens (tertiary/aromatic N) is 2. The molecule has 0 saturated heterocycles. The van der Waals surface area contributed by atoms with Crippen molar-refractivity contribution in [3.63, 3.8) is 0 Å². The fourth-order valence-corrected chi connectivity index (χ4v) is 5.70. The second kappa shape index (κ2) is 9.24. The number of halogens is 2. The van der Waals surface area contributed by atoms with E-state index in [2.05, 4.69) is 9.97 Å². The van der Waals surface area contributed by atoms with E-state index in [1.807, 2.05) is 12.1 Å². The van der Waals surface area contributed by atoms with Crippen molar-refractivity contribution in [1.82, 2.24) is 15.0 Å². The first kappa shape index (κ1) is 23.2. The van der Waals surface area contributed by atoms with Crippen molar-refractivity contribution in [3.05, 3.63) is 70.9 Å². The molecule has 0 bridgehead atoms. The van der Waals surface area contributed by atoms with Crippen molar-refractivity contribution in [2.24, 2.45) is 5.92 Å². The van der Waals surface area contributed by atoms with Gasteiger partial charge in [-0.2, -0.15) is 8.42 Å². The molecule has 1 atom stereocenters. The van der Waals surface area contributed by atoms with Crippen LogP contribution < -0.4 is 0 Å². The van der Waals surface area contributed by atoms with Gasteiger partial charge in [-0.3, -0.25) is 9.17 Å². The van der Waals surface area contributed by atoms with Gasteiger partial charge in [0.25, 0.3) is 10.1 Å². The number of rotatable bonds is 6. The number of nitrogens with one attached hydrogen (secondary N) is 1.